The second-order valence-corrected chi connectivity index (χ2v) is 5.41. The first-order valence-corrected chi connectivity index (χ1v) is 7.24. The lowest BCUT2D eigenvalue weighted by Crippen LogP contribution is -2.16. The van der Waals surface area contributed by atoms with E-state index in [1.165, 1.54) is 12.8 Å². The number of nitrogens with zero attached hydrogens (tertiary/aromatic N) is 2. The summed E-state index contributed by atoms with van der Waals surface area (Å²) in [5.41, 5.74) is 2.18. The Morgan fingerprint density at radius 3 is 2.90 bits per heavy atom. The molecular weight excluding hydrogens is 266 g/mol. The molecule has 5 heteroatoms. The monoisotopic (exact) mass is 287 g/mol. The molecule has 1 aromatic carbocycles. The summed E-state index contributed by atoms with van der Waals surface area (Å²) in [6.07, 6.45) is 6.15. The van der Waals surface area contributed by atoms with E-state index < -0.39 is 0 Å². The molecular formula is C16H21N3O2. The molecule has 0 radical (unpaired) electrons. The highest BCUT2D eigenvalue weighted by molar-refractivity contribution is 5.40. The van der Waals surface area contributed by atoms with Crippen molar-refractivity contribution in [3.63, 3.8) is 0 Å². The van der Waals surface area contributed by atoms with Crippen molar-refractivity contribution in [2.24, 2.45) is 7.05 Å². The number of hydrogen-bond acceptors (Lipinski definition) is 4. The Bertz CT molecular complexity index is 605. The van der Waals surface area contributed by atoms with E-state index in [2.05, 4.69) is 10.3 Å². The van der Waals surface area contributed by atoms with Gasteiger partial charge < -0.3 is 19.4 Å². The van der Waals surface area contributed by atoms with E-state index in [0.717, 1.165) is 29.3 Å². The van der Waals surface area contributed by atoms with Gasteiger partial charge >= 0.3 is 0 Å². The molecule has 0 saturated heterocycles. The molecule has 0 unspecified atom stereocenters. The van der Waals surface area contributed by atoms with Gasteiger partial charge in [-0.1, -0.05) is 0 Å². The van der Waals surface area contributed by atoms with E-state index in [1.807, 2.05) is 36.0 Å². The number of methoxy groups -OCH3 is 1. The molecule has 2 aromatic rings. The molecule has 0 aliphatic heterocycles. The highest BCUT2D eigenvalue weighted by Crippen LogP contribution is 2.27. The minimum absolute atomic E-state index is 0.513. The molecule has 0 bridgehead atoms. The smallest absolute Gasteiger partial charge is 0.130 e. The van der Waals surface area contributed by atoms with Gasteiger partial charge in [-0.2, -0.15) is 0 Å². The van der Waals surface area contributed by atoms with Gasteiger partial charge in [0, 0.05) is 25.2 Å². The third-order valence-electron chi connectivity index (χ3n) is 3.72. The predicted octanol–water partition coefficient (Wildman–Crippen LogP) is 2.26. The Kier molecular flexibility index (Phi) is 4.10. The van der Waals surface area contributed by atoms with Crippen LogP contribution in [0.1, 0.15) is 24.1 Å². The van der Waals surface area contributed by atoms with Crippen molar-refractivity contribution in [3.05, 3.63) is 42.0 Å². The van der Waals surface area contributed by atoms with Gasteiger partial charge in [-0.05, 0) is 31.0 Å². The van der Waals surface area contributed by atoms with E-state index in [0.29, 0.717) is 12.6 Å². The number of aryl methyl sites for hydroxylation is 1. The van der Waals surface area contributed by atoms with E-state index in [-0.39, 0.29) is 0 Å². The van der Waals surface area contributed by atoms with Crippen LogP contribution in [0, 0.1) is 0 Å². The maximum atomic E-state index is 5.96. The Balaban J connectivity index is 1.70. The summed E-state index contributed by atoms with van der Waals surface area (Å²) in [5, 5.41) is 3.52. The molecule has 1 saturated carbocycles. The fourth-order valence-corrected chi connectivity index (χ4v) is 2.18. The highest BCUT2D eigenvalue weighted by atomic mass is 16.5. The number of imidazole rings is 1. The SMILES string of the molecule is COc1ccc(OCc2cncn2C)c(CNC2CC2)c1. The summed E-state index contributed by atoms with van der Waals surface area (Å²) in [6, 6.07) is 6.60. The van der Waals surface area contributed by atoms with Crippen LogP contribution < -0.4 is 14.8 Å². The third kappa shape index (κ3) is 3.55. The first-order chi connectivity index (χ1) is 10.3. The Morgan fingerprint density at radius 2 is 2.24 bits per heavy atom. The van der Waals surface area contributed by atoms with Crippen molar-refractivity contribution in [2.45, 2.75) is 32.0 Å². The lowest BCUT2D eigenvalue weighted by atomic mass is 10.2. The summed E-state index contributed by atoms with van der Waals surface area (Å²) < 4.78 is 13.2. The molecule has 3 rings (SSSR count). The summed E-state index contributed by atoms with van der Waals surface area (Å²) in [5.74, 6) is 1.75. The molecule has 1 fully saturated rings. The van der Waals surface area contributed by atoms with E-state index >= 15 is 0 Å². The first-order valence-electron chi connectivity index (χ1n) is 7.24. The van der Waals surface area contributed by atoms with Gasteiger partial charge in [0.15, 0.2) is 0 Å². The molecule has 1 aromatic heterocycles. The van der Waals surface area contributed by atoms with Crippen molar-refractivity contribution in [2.75, 3.05) is 7.11 Å². The molecule has 0 atom stereocenters. The van der Waals surface area contributed by atoms with Crippen molar-refractivity contribution in [3.8, 4) is 11.5 Å². The van der Waals surface area contributed by atoms with Gasteiger partial charge in [0.1, 0.15) is 18.1 Å². The minimum atomic E-state index is 0.513. The molecule has 0 amide bonds. The van der Waals surface area contributed by atoms with Crippen LogP contribution in [0.25, 0.3) is 0 Å². The van der Waals surface area contributed by atoms with E-state index in [9.17, 15) is 0 Å². The van der Waals surface area contributed by atoms with Crippen LogP contribution in [0.15, 0.2) is 30.7 Å². The lowest BCUT2D eigenvalue weighted by molar-refractivity contribution is 0.292. The van der Waals surface area contributed by atoms with Crippen LogP contribution in [-0.2, 0) is 20.2 Å². The van der Waals surface area contributed by atoms with Gasteiger partial charge in [0.05, 0.1) is 25.3 Å². The summed E-state index contributed by atoms with van der Waals surface area (Å²) in [4.78, 5) is 4.10. The largest absolute Gasteiger partial charge is 0.497 e. The molecule has 21 heavy (non-hydrogen) atoms. The van der Waals surface area contributed by atoms with Crippen LogP contribution in [0.3, 0.4) is 0 Å². The maximum Gasteiger partial charge on any atom is 0.130 e. The van der Waals surface area contributed by atoms with Gasteiger partial charge in [0.25, 0.3) is 0 Å². The van der Waals surface area contributed by atoms with Gasteiger partial charge in [-0.15, -0.1) is 0 Å². The predicted molar refractivity (Wildman–Crippen MR) is 80.4 cm³/mol. The Morgan fingerprint density at radius 1 is 1.38 bits per heavy atom. The van der Waals surface area contributed by atoms with Crippen LogP contribution >= 0.6 is 0 Å². The normalized spacial score (nSPS) is 14.2. The van der Waals surface area contributed by atoms with Crippen molar-refractivity contribution in [1.82, 2.24) is 14.9 Å². The number of aromatic nitrogens is 2. The van der Waals surface area contributed by atoms with Crippen molar-refractivity contribution >= 4 is 0 Å². The average molecular weight is 287 g/mol. The standard InChI is InChI=1S/C16H21N3O2/c1-19-11-17-9-14(19)10-21-16-6-5-15(20-2)7-12(16)8-18-13-3-4-13/h5-7,9,11,13,18H,3-4,8,10H2,1-2H3. The summed E-state index contributed by atoms with van der Waals surface area (Å²) in [7, 11) is 3.65. The molecule has 5 nitrogen and oxygen atoms in total. The number of hydrogen-bond donors (Lipinski definition) is 1. The van der Waals surface area contributed by atoms with Gasteiger partial charge in [-0.3, -0.25) is 0 Å². The molecule has 1 aliphatic carbocycles. The summed E-state index contributed by atoms with van der Waals surface area (Å²) >= 11 is 0. The molecule has 0 spiro atoms. The van der Waals surface area contributed by atoms with Crippen LogP contribution in [0.5, 0.6) is 11.5 Å². The van der Waals surface area contributed by atoms with Crippen LogP contribution in [-0.4, -0.2) is 22.7 Å². The fraction of sp³-hybridized carbons (Fsp3) is 0.438. The topological polar surface area (TPSA) is 48.3 Å². The second-order valence-electron chi connectivity index (χ2n) is 5.41. The number of nitrogens with one attached hydrogen (secondary N) is 1. The molecule has 1 aliphatic rings. The molecule has 112 valence electrons. The molecule has 1 heterocycles. The van der Waals surface area contributed by atoms with Crippen molar-refractivity contribution < 1.29 is 9.47 Å². The average Bonchev–Trinajstić information content (AvgIpc) is 3.25. The van der Waals surface area contributed by atoms with Crippen molar-refractivity contribution in [1.29, 1.82) is 0 Å². The second kappa shape index (κ2) is 6.18. The zero-order chi connectivity index (χ0) is 14.7. The maximum absolute atomic E-state index is 5.96. The Labute approximate surface area is 124 Å². The lowest BCUT2D eigenvalue weighted by Gasteiger charge is -2.13. The fourth-order valence-electron chi connectivity index (χ4n) is 2.18. The first kappa shape index (κ1) is 13.9. The third-order valence-corrected chi connectivity index (χ3v) is 3.72. The quantitative estimate of drug-likeness (QED) is 0.848. The number of rotatable bonds is 7. The molecule has 1 N–H and O–H groups in total. The minimum Gasteiger partial charge on any atom is -0.497 e. The zero-order valence-corrected chi connectivity index (χ0v) is 12.5. The van der Waals surface area contributed by atoms with E-state index in [4.69, 9.17) is 9.47 Å². The number of benzene rings is 1. The highest BCUT2D eigenvalue weighted by Gasteiger charge is 2.20. The summed E-state index contributed by atoms with van der Waals surface area (Å²) in [6.45, 7) is 1.32. The van der Waals surface area contributed by atoms with Gasteiger partial charge in [-0.25, -0.2) is 4.98 Å². The Hall–Kier alpha value is -2.01. The van der Waals surface area contributed by atoms with Crippen LogP contribution in [0.2, 0.25) is 0 Å². The zero-order valence-electron chi connectivity index (χ0n) is 12.5. The van der Waals surface area contributed by atoms with E-state index in [1.54, 1.807) is 13.4 Å². The number of ether oxygens (including phenoxy) is 2. The van der Waals surface area contributed by atoms with Crippen LogP contribution in [0.4, 0.5) is 0 Å². The van der Waals surface area contributed by atoms with Gasteiger partial charge in [0.2, 0.25) is 0 Å².